The first-order valence-corrected chi connectivity index (χ1v) is 12.9. The van der Waals surface area contributed by atoms with E-state index >= 15 is 0 Å². The highest BCUT2D eigenvalue weighted by Gasteiger charge is 2.38. The Labute approximate surface area is 211 Å². The molecular formula is C28H33N3O3S. The molecule has 2 aromatic carbocycles. The minimum Gasteiger partial charge on any atom is -0.366 e. The maximum Gasteiger partial charge on any atom is 0.294 e. The zero-order valence-electron chi connectivity index (χ0n) is 21.3. The summed E-state index contributed by atoms with van der Waals surface area (Å²) in [7, 11) is 0. The van der Waals surface area contributed by atoms with Crippen LogP contribution in [0.25, 0.3) is 6.08 Å². The van der Waals surface area contributed by atoms with Gasteiger partial charge in [-0.1, -0.05) is 24.6 Å². The molecule has 0 aromatic heterocycles. The van der Waals surface area contributed by atoms with Crippen molar-refractivity contribution in [3.05, 3.63) is 63.6 Å². The van der Waals surface area contributed by atoms with E-state index in [1.807, 2.05) is 26.0 Å². The molecule has 35 heavy (non-hydrogen) atoms. The zero-order chi connectivity index (χ0) is 25.5. The van der Waals surface area contributed by atoms with Crippen molar-refractivity contribution in [2.75, 3.05) is 23.3 Å². The number of carbonyl (C=O) groups is 3. The number of hydrogen-bond acceptors (Lipinski definition) is 5. The molecule has 0 radical (unpaired) electrons. The van der Waals surface area contributed by atoms with Crippen LogP contribution in [0.3, 0.4) is 0 Å². The van der Waals surface area contributed by atoms with E-state index < -0.39 is 17.1 Å². The second-order valence-electron chi connectivity index (χ2n) is 10.1. The normalized spacial score (nSPS) is 20.4. The van der Waals surface area contributed by atoms with Gasteiger partial charge in [-0.05, 0) is 106 Å². The lowest BCUT2D eigenvalue weighted by atomic mass is 9.79. The second kappa shape index (κ2) is 9.53. The Hall–Kier alpha value is -3.06. The average molecular weight is 492 g/mol. The summed E-state index contributed by atoms with van der Waals surface area (Å²) in [6, 6.07) is 11.7. The lowest BCUT2D eigenvalue weighted by molar-refractivity contribution is -0.127. The fourth-order valence-electron chi connectivity index (χ4n) is 5.16. The number of imide groups is 1. The average Bonchev–Trinajstić information content (AvgIpc) is 3.03. The van der Waals surface area contributed by atoms with Crippen molar-refractivity contribution in [2.24, 2.45) is 0 Å². The number of amides is 3. The molecular weight excluding hydrogens is 458 g/mol. The standard InChI is InChI=1S/C28H33N3O3S/c1-7-31-23-12-18(3)20(13-22(23)19(4)15-28(31,5)6)14-24-26(33)30(27(34)35-24)16-25(32)29-21-10-8-17(2)9-11-21/h8-14,19H,7,15-16H2,1-6H3,(H,29,32)/b24-14+. The quantitative estimate of drug-likeness (QED) is 0.513. The Kier molecular flexibility index (Phi) is 6.82. The topological polar surface area (TPSA) is 69.7 Å². The van der Waals surface area contributed by atoms with Gasteiger partial charge in [0.25, 0.3) is 11.1 Å². The molecule has 4 rings (SSSR count). The lowest BCUT2D eigenvalue weighted by Crippen LogP contribution is -2.48. The first-order chi connectivity index (χ1) is 16.5. The third kappa shape index (κ3) is 5.01. The van der Waals surface area contributed by atoms with Crippen LogP contribution in [0.15, 0.2) is 41.3 Å². The van der Waals surface area contributed by atoms with Crippen LogP contribution in [0.2, 0.25) is 0 Å². The van der Waals surface area contributed by atoms with E-state index in [1.54, 1.807) is 18.2 Å². The van der Waals surface area contributed by atoms with Gasteiger partial charge in [-0.2, -0.15) is 0 Å². The van der Waals surface area contributed by atoms with E-state index in [4.69, 9.17) is 0 Å². The Bertz CT molecular complexity index is 1220. The fourth-order valence-corrected chi connectivity index (χ4v) is 5.99. The summed E-state index contributed by atoms with van der Waals surface area (Å²) in [5.74, 6) is -0.449. The Morgan fingerprint density at radius 1 is 1.17 bits per heavy atom. The number of aryl methyl sites for hydroxylation is 2. The zero-order valence-corrected chi connectivity index (χ0v) is 22.1. The lowest BCUT2D eigenvalue weighted by Gasteiger charge is -2.47. The highest BCUT2D eigenvalue weighted by Crippen LogP contribution is 2.45. The van der Waals surface area contributed by atoms with Gasteiger partial charge < -0.3 is 10.2 Å². The molecule has 184 valence electrons. The third-order valence-corrected chi connectivity index (χ3v) is 7.79. The predicted octanol–water partition coefficient (Wildman–Crippen LogP) is 6.09. The van der Waals surface area contributed by atoms with E-state index in [9.17, 15) is 14.4 Å². The number of carbonyl (C=O) groups excluding carboxylic acids is 3. The minimum absolute atomic E-state index is 0.0803. The molecule has 0 bridgehead atoms. The molecule has 1 fully saturated rings. The van der Waals surface area contributed by atoms with Gasteiger partial charge in [0, 0.05) is 23.5 Å². The number of fused-ring (bicyclic) bond motifs is 1. The maximum absolute atomic E-state index is 13.0. The number of benzene rings is 2. The molecule has 2 heterocycles. The first-order valence-electron chi connectivity index (χ1n) is 12.0. The van der Waals surface area contributed by atoms with Gasteiger partial charge in [0.15, 0.2) is 0 Å². The van der Waals surface area contributed by atoms with Gasteiger partial charge in [-0.15, -0.1) is 0 Å². The number of hydrogen-bond donors (Lipinski definition) is 1. The summed E-state index contributed by atoms with van der Waals surface area (Å²) in [5.41, 5.74) is 6.28. The fraction of sp³-hybridized carbons (Fsp3) is 0.393. The van der Waals surface area contributed by atoms with Crippen molar-refractivity contribution >= 4 is 46.3 Å². The van der Waals surface area contributed by atoms with E-state index in [0.717, 1.165) is 46.3 Å². The number of nitrogens with zero attached hydrogens (tertiary/aromatic N) is 2. The van der Waals surface area contributed by atoms with Crippen LogP contribution in [0.4, 0.5) is 16.2 Å². The monoisotopic (exact) mass is 491 g/mol. The molecule has 7 heteroatoms. The largest absolute Gasteiger partial charge is 0.366 e. The van der Waals surface area contributed by atoms with Crippen LogP contribution in [-0.2, 0) is 9.59 Å². The molecule has 1 N–H and O–H groups in total. The third-order valence-electron chi connectivity index (χ3n) is 6.89. The van der Waals surface area contributed by atoms with Crippen LogP contribution in [0, 0.1) is 13.8 Å². The summed E-state index contributed by atoms with van der Waals surface area (Å²) in [6.07, 6.45) is 2.84. The van der Waals surface area contributed by atoms with Crippen LogP contribution in [0.5, 0.6) is 0 Å². The van der Waals surface area contributed by atoms with Crippen LogP contribution in [0.1, 0.15) is 62.3 Å². The smallest absolute Gasteiger partial charge is 0.294 e. The van der Waals surface area contributed by atoms with Crippen molar-refractivity contribution in [2.45, 2.75) is 59.4 Å². The van der Waals surface area contributed by atoms with Crippen molar-refractivity contribution in [3.63, 3.8) is 0 Å². The summed E-state index contributed by atoms with van der Waals surface area (Å²) >= 11 is 0.887. The van der Waals surface area contributed by atoms with E-state index in [-0.39, 0.29) is 12.1 Å². The molecule has 1 unspecified atom stereocenters. The minimum atomic E-state index is -0.430. The molecule has 1 atom stereocenters. The van der Waals surface area contributed by atoms with Crippen LogP contribution in [-0.4, -0.2) is 40.6 Å². The van der Waals surface area contributed by atoms with E-state index in [2.05, 4.69) is 50.0 Å². The van der Waals surface area contributed by atoms with Crippen molar-refractivity contribution < 1.29 is 14.4 Å². The van der Waals surface area contributed by atoms with Crippen molar-refractivity contribution in [1.82, 2.24) is 4.90 Å². The van der Waals surface area contributed by atoms with E-state index in [1.165, 1.54) is 11.3 Å². The molecule has 1 saturated heterocycles. The Morgan fingerprint density at radius 3 is 2.51 bits per heavy atom. The number of thioether (sulfide) groups is 1. The molecule has 2 aliphatic rings. The molecule has 0 spiro atoms. The summed E-state index contributed by atoms with van der Waals surface area (Å²) in [6.45, 7) is 13.6. The van der Waals surface area contributed by atoms with Gasteiger partial charge >= 0.3 is 0 Å². The highest BCUT2D eigenvalue weighted by atomic mass is 32.2. The summed E-state index contributed by atoms with van der Waals surface area (Å²) in [4.78, 5) is 41.9. The number of nitrogens with one attached hydrogen (secondary N) is 1. The Balaban J connectivity index is 1.55. The molecule has 0 aliphatic carbocycles. The van der Waals surface area contributed by atoms with Crippen molar-refractivity contribution in [3.8, 4) is 0 Å². The molecule has 2 aliphatic heterocycles. The summed E-state index contributed by atoms with van der Waals surface area (Å²) < 4.78 is 0. The number of rotatable bonds is 5. The number of anilines is 2. The van der Waals surface area contributed by atoms with E-state index in [0.29, 0.717) is 16.5 Å². The second-order valence-corrected chi connectivity index (χ2v) is 11.1. The van der Waals surface area contributed by atoms with Gasteiger partial charge in [0.2, 0.25) is 5.91 Å². The molecule has 3 amide bonds. The molecule has 0 saturated carbocycles. The SMILES string of the molecule is CCN1c2cc(C)c(/C=C3/SC(=O)N(CC(=O)Nc4ccc(C)cc4)C3=O)cc2C(C)CC1(C)C. The maximum atomic E-state index is 13.0. The van der Waals surface area contributed by atoms with Gasteiger partial charge in [-0.25, -0.2) is 0 Å². The molecule has 2 aromatic rings. The van der Waals surface area contributed by atoms with Crippen molar-refractivity contribution in [1.29, 1.82) is 0 Å². The summed E-state index contributed by atoms with van der Waals surface area (Å²) in [5, 5.41) is 2.32. The van der Waals surface area contributed by atoms with Gasteiger partial charge in [-0.3, -0.25) is 19.3 Å². The van der Waals surface area contributed by atoms with Crippen LogP contribution >= 0.6 is 11.8 Å². The predicted molar refractivity (Wildman–Crippen MR) is 144 cm³/mol. The van der Waals surface area contributed by atoms with Gasteiger partial charge in [0.05, 0.1) is 4.91 Å². The first kappa shape index (κ1) is 25.0. The van der Waals surface area contributed by atoms with Gasteiger partial charge in [0.1, 0.15) is 6.54 Å². The Morgan fingerprint density at radius 2 is 1.86 bits per heavy atom. The molecule has 6 nitrogen and oxygen atoms in total. The highest BCUT2D eigenvalue weighted by molar-refractivity contribution is 8.18. The van der Waals surface area contributed by atoms with Crippen LogP contribution < -0.4 is 10.2 Å².